The van der Waals surface area contributed by atoms with Crippen LogP contribution in [0.2, 0.25) is 0 Å². The predicted octanol–water partition coefficient (Wildman–Crippen LogP) is 2.93. The van der Waals surface area contributed by atoms with E-state index in [0.29, 0.717) is 18.1 Å². The maximum atomic E-state index is 5.94. The van der Waals surface area contributed by atoms with E-state index in [9.17, 15) is 0 Å². The highest BCUT2D eigenvalue weighted by Gasteiger charge is 2.30. The summed E-state index contributed by atoms with van der Waals surface area (Å²) in [7, 11) is 3.86. The highest BCUT2D eigenvalue weighted by Crippen LogP contribution is 2.30. The number of nitrogens with one attached hydrogen (secondary N) is 1. The summed E-state index contributed by atoms with van der Waals surface area (Å²) >= 11 is 0. The van der Waals surface area contributed by atoms with E-state index in [0.717, 1.165) is 19.4 Å². The van der Waals surface area contributed by atoms with Gasteiger partial charge in [0.1, 0.15) is 0 Å². The molecule has 2 atom stereocenters. The molecule has 4 heteroatoms. The molecule has 1 aliphatic rings. The molecule has 0 saturated heterocycles. The normalized spacial score (nSPS) is 19.6. The van der Waals surface area contributed by atoms with Crippen LogP contribution in [0.1, 0.15) is 51.0 Å². The molecule has 1 aliphatic carbocycles. The summed E-state index contributed by atoms with van der Waals surface area (Å²) in [5.74, 6) is 0.703. The molecule has 1 aromatic heterocycles. The third-order valence-electron chi connectivity index (χ3n) is 4.65. The van der Waals surface area contributed by atoms with Crippen molar-refractivity contribution in [2.75, 3.05) is 13.7 Å². The lowest BCUT2D eigenvalue weighted by Gasteiger charge is -2.35. The fourth-order valence-corrected chi connectivity index (χ4v) is 3.61. The van der Waals surface area contributed by atoms with Crippen LogP contribution < -0.4 is 5.32 Å². The van der Waals surface area contributed by atoms with E-state index < -0.39 is 0 Å². The summed E-state index contributed by atoms with van der Waals surface area (Å²) in [4.78, 5) is 0. The maximum absolute atomic E-state index is 5.94. The van der Waals surface area contributed by atoms with E-state index in [-0.39, 0.29) is 0 Å². The summed E-state index contributed by atoms with van der Waals surface area (Å²) < 4.78 is 7.82. The SMILES string of the molecule is CCCNC(Cc1cnn(C)c1)C(OC)C1CCCCC1. The predicted molar refractivity (Wildman–Crippen MR) is 86.4 cm³/mol. The number of aryl methyl sites for hydroxylation is 1. The first-order valence-corrected chi connectivity index (χ1v) is 8.48. The van der Waals surface area contributed by atoms with Gasteiger partial charge in [-0.1, -0.05) is 26.2 Å². The van der Waals surface area contributed by atoms with E-state index in [1.165, 1.54) is 37.7 Å². The van der Waals surface area contributed by atoms with E-state index in [2.05, 4.69) is 23.5 Å². The number of methoxy groups -OCH3 is 1. The number of aromatic nitrogens is 2. The molecule has 2 rings (SSSR count). The second kappa shape index (κ2) is 8.54. The second-order valence-electron chi connectivity index (χ2n) is 6.39. The van der Waals surface area contributed by atoms with Crippen molar-refractivity contribution in [3.8, 4) is 0 Å². The molecule has 1 heterocycles. The lowest BCUT2D eigenvalue weighted by atomic mass is 9.81. The smallest absolute Gasteiger partial charge is 0.0755 e. The van der Waals surface area contributed by atoms with E-state index >= 15 is 0 Å². The number of rotatable bonds is 8. The van der Waals surface area contributed by atoms with Crippen molar-refractivity contribution in [2.24, 2.45) is 13.0 Å². The zero-order valence-electron chi connectivity index (χ0n) is 13.8. The lowest BCUT2D eigenvalue weighted by molar-refractivity contribution is 0.00833. The van der Waals surface area contributed by atoms with Crippen LogP contribution in [0.15, 0.2) is 12.4 Å². The molecule has 1 fully saturated rings. The van der Waals surface area contributed by atoms with Gasteiger partial charge < -0.3 is 10.1 Å². The Bertz CT molecular complexity index is 398. The zero-order chi connectivity index (χ0) is 15.1. The second-order valence-corrected chi connectivity index (χ2v) is 6.39. The van der Waals surface area contributed by atoms with Gasteiger partial charge in [0.15, 0.2) is 0 Å². The Morgan fingerprint density at radius 2 is 2.14 bits per heavy atom. The molecule has 1 aromatic rings. The number of nitrogens with zero attached hydrogens (tertiary/aromatic N) is 2. The topological polar surface area (TPSA) is 39.1 Å². The molecule has 4 nitrogen and oxygen atoms in total. The third kappa shape index (κ3) is 4.82. The first-order chi connectivity index (χ1) is 10.2. The fourth-order valence-electron chi connectivity index (χ4n) is 3.61. The molecule has 21 heavy (non-hydrogen) atoms. The van der Waals surface area contributed by atoms with Crippen LogP contribution in [0.5, 0.6) is 0 Å². The van der Waals surface area contributed by atoms with E-state index in [1.807, 2.05) is 25.0 Å². The quantitative estimate of drug-likeness (QED) is 0.801. The van der Waals surface area contributed by atoms with Crippen molar-refractivity contribution >= 4 is 0 Å². The molecule has 0 amide bonds. The Hall–Kier alpha value is -0.870. The molecule has 1 saturated carbocycles. The number of hydrogen-bond donors (Lipinski definition) is 1. The molecule has 0 bridgehead atoms. The summed E-state index contributed by atoms with van der Waals surface area (Å²) in [6.07, 6.45) is 13.3. The Kier molecular flexibility index (Phi) is 6.71. The van der Waals surface area contributed by atoms with Crippen molar-refractivity contribution in [3.05, 3.63) is 18.0 Å². The lowest BCUT2D eigenvalue weighted by Crippen LogP contribution is -2.47. The van der Waals surface area contributed by atoms with E-state index in [4.69, 9.17) is 4.74 Å². The highest BCUT2D eigenvalue weighted by molar-refractivity contribution is 5.07. The van der Waals surface area contributed by atoms with Gasteiger partial charge in [0.25, 0.3) is 0 Å². The maximum Gasteiger partial charge on any atom is 0.0755 e. The van der Waals surface area contributed by atoms with Gasteiger partial charge in [0.2, 0.25) is 0 Å². The molecule has 2 unspecified atom stereocenters. The molecule has 0 aromatic carbocycles. The Labute approximate surface area is 129 Å². The van der Waals surface area contributed by atoms with Crippen molar-refractivity contribution in [2.45, 2.75) is 64.0 Å². The van der Waals surface area contributed by atoms with Gasteiger partial charge in [-0.05, 0) is 43.7 Å². The number of hydrogen-bond acceptors (Lipinski definition) is 3. The Balaban J connectivity index is 2.04. The average molecular weight is 293 g/mol. The minimum absolute atomic E-state index is 0.317. The zero-order valence-corrected chi connectivity index (χ0v) is 13.8. The van der Waals surface area contributed by atoms with Crippen molar-refractivity contribution in [1.82, 2.24) is 15.1 Å². The van der Waals surface area contributed by atoms with Crippen LogP contribution in [0.4, 0.5) is 0 Å². The first-order valence-electron chi connectivity index (χ1n) is 8.48. The van der Waals surface area contributed by atoms with E-state index in [1.54, 1.807) is 0 Å². The van der Waals surface area contributed by atoms with Gasteiger partial charge in [-0.2, -0.15) is 5.10 Å². The minimum atomic E-state index is 0.317. The van der Waals surface area contributed by atoms with Crippen LogP contribution in [0.25, 0.3) is 0 Å². The highest BCUT2D eigenvalue weighted by atomic mass is 16.5. The van der Waals surface area contributed by atoms with Crippen molar-refractivity contribution in [1.29, 1.82) is 0 Å². The van der Waals surface area contributed by atoms with Crippen LogP contribution in [0, 0.1) is 5.92 Å². The van der Waals surface area contributed by atoms with Crippen molar-refractivity contribution < 1.29 is 4.74 Å². The van der Waals surface area contributed by atoms with Crippen LogP contribution in [0.3, 0.4) is 0 Å². The molecular weight excluding hydrogens is 262 g/mol. The van der Waals surface area contributed by atoms with Gasteiger partial charge in [0.05, 0.1) is 12.3 Å². The molecule has 0 spiro atoms. The summed E-state index contributed by atoms with van der Waals surface area (Å²) in [5.41, 5.74) is 1.30. The minimum Gasteiger partial charge on any atom is -0.380 e. The number of ether oxygens (including phenoxy) is 1. The van der Waals surface area contributed by atoms with Crippen LogP contribution >= 0.6 is 0 Å². The molecule has 120 valence electrons. The molecular formula is C17H31N3O. The van der Waals surface area contributed by atoms with Gasteiger partial charge in [-0.25, -0.2) is 0 Å². The Morgan fingerprint density at radius 1 is 1.38 bits per heavy atom. The standard InChI is InChI=1S/C17H31N3O/c1-4-10-18-16(11-14-12-19-20(2)13-14)17(21-3)15-8-6-5-7-9-15/h12-13,15-18H,4-11H2,1-3H3. The van der Waals surface area contributed by atoms with Gasteiger partial charge in [0, 0.05) is 26.4 Å². The summed E-state index contributed by atoms with van der Waals surface area (Å²) in [6, 6.07) is 0.391. The average Bonchev–Trinajstić information content (AvgIpc) is 2.91. The van der Waals surface area contributed by atoms with Crippen LogP contribution in [-0.4, -0.2) is 35.6 Å². The Morgan fingerprint density at radius 3 is 2.71 bits per heavy atom. The molecule has 1 N–H and O–H groups in total. The molecule has 0 radical (unpaired) electrons. The summed E-state index contributed by atoms with van der Waals surface area (Å²) in [6.45, 7) is 3.27. The largest absolute Gasteiger partial charge is 0.380 e. The monoisotopic (exact) mass is 293 g/mol. The molecule has 0 aliphatic heterocycles. The van der Waals surface area contributed by atoms with Crippen molar-refractivity contribution in [3.63, 3.8) is 0 Å². The van der Waals surface area contributed by atoms with Gasteiger partial charge >= 0.3 is 0 Å². The van der Waals surface area contributed by atoms with Gasteiger partial charge in [-0.3, -0.25) is 4.68 Å². The van der Waals surface area contributed by atoms with Crippen LogP contribution in [-0.2, 0) is 18.2 Å². The third-order valence-corrected chi connectivity index (χ3v) is 4.65. The fraction of sp³-hybridized carbons (Fsp3) is 0.824. The van der Waals surface area contributed by atoms with Gasteiger partial charge in [-0.15, -0.1) is 0 Å². The summed E-state index contributed by atoms with van der Waals surface area (Å²) in [5, 5.41) is 8.01. The first kappa shape index (κ1) is 16.5.